The van der Waals surface area contributed by atoms with E-state index in [1.807, 2.05) is 30.3 Å². The van der Waals surface area contributed by atoms with Gasteiger partial charge in [0.2, 0.25) is 21.8 Å². The summed E-state index contributed by atoms with van der Waals surface area (Å²) < 4.78 is 26.2. The zero-order valence-corrected chi connectivity index (χ0v) is 19.7. The number of carbonyl (C=O) groups is 2. The van der Waals surface area contributed by atoms with Gasteiger partial charge in [-0.2, -0.15) is 0 Å². The van der Waals surface area contributed by atoms with Crippen molar-refractivity contribution in [3.8, 4) is 0 Å². The number of sulfonamides is 1. The maximum atomic E-state index is 13.4. The lowest BCUT2D eigenvalue weighted by atomic mass is 10.1. The van der Waals surface area contributed by atoms with Gasteiger partial charge in [0.05, 0.1) is 11.9 Å². The van der Waals surface area contributed by atoms with Crippen LogP contribution >= 0.6 is 11.6 Å². The number of nitrogens with one attached hydrogen (secondary N) is 1. The zero-order valence-electron chi connectivity index (χ0n) is 18.1. The maximum Gasteiger partial charge on any atom is 0.244 e. The first-order valence-corrected chi connectivity index (χ1v) is 12.1. The van der Waals surface area contributed by atoms with Crippen molar-refractivity contribution in [3.63, 3.8) is 0 Å². The van der Waals surface area contributed by atoms with Gasteiger partial charge in [0.15, 0.2) is 0 Å². The van der Waals surface area contributed by atoms with E-state index in [4.69, 9.17) is 11.6 Å². The molecule has 0 spiro atoms. The van der Waals surface area contributed by atoms with Crippen LogP contribution in [0.4, 0.5) is 5.69 Å². The highest BCUT2D eigenvalue weighted by molar-refractivity contribution is 7.92. The molecule has 168 valence electrons. The topological polar surface area (TPSA) is 86.8 Å². The van der Waals surface area contributed by atoms with E-state index < -0.39 is 28.5 Å². The van der Waals surface area contributed by atoms with Crippen molar-refractivity contribution < 1.29 is 18.0 Å². The van der Waals surface area contributed by atoms with Gasteiger partial charge in [-0.25, -0.2) is 8.42 Å². The number of hydrogen-bond acceptors (Lipinski definition) is 4. The Morgan fingerprint density at radius 1 is 1.10 bits per heavy atom. The average molecular weight is 466 g/mol. The Bertz CT molecular complexity index is 1030. The highest BCUT2D eigenvalue weighted by atomic mass is 35.5. The Balaban J connectivity index is 2.45. The van der Waals surface area contributed by atoms with Crippen LogP contribution in [0, 0.1) is 6.92 Å². The molecule has 2 aromatic rings. The van der Waals surface area contributed by atoms with Gasteiger partial charge >= 0.3 is 0 Å². The van der Waals surface area contributed by atoms with Crippen LogP contribution in [0.5, 0.6) is 0 Å². The molecule has 0 bridgehead atoms. The first-order valence-electron chi connectivity index (χ1n) is 9.88. The van der Waals surface area contributed by atoms with Crippen molar-refractivity contribution in [2.75, 3.05) is 24.2 Å². The Hall–Kier alpha value is -2.58. The van der Waals surface area contributed by atoms with E-state index in [0.717, 1.165) is 16.1 Å². The number of likely N-dealkylation sites (N-methyl/N-ethyl adjacent to an activating group) is 1. The minimum Gasteiger partial charge on any atom is -0.357 e. The van der Waals surface area contributed by atoms with Crippen LogP contribution in [-0.2, 0) is 26.2 Å². The molecule has 0 fully saturated rings. The first-order chi connectivity index (χ1) is 14.6. The van der Waals surface area contributed by atoms with Gasteiger partial charge in [0.1, 0.15) is 12.6 Å². The number of amides is 2. The van der Waals surface area contributed by atoms with Gasteiger partial charge in [0.25, 0.3) is 0 Å². The molecular formula is C22H28ClN3O4S. The Morgan fingerprint density at radius 3 is 2.29 bits per heavy atom. The molecule has 2 aromatic carbocycles. The first kappa shape index (κ1) is 24.7. The molecule has 0 aliphatic rings. The highest BCUT2D eigenvalue weighted by Gasteiger charge is 2.31. The van der Waals surface area contributed by atoms with Crippen LogP contribution in [0.2, 0.25) is 5.02 Å². The molecule has 2 rings (SSSR count). The summed E-state index contributed by atoms with van der Waals surface area (Å²) in [5.74, 6) is -0.791. The molecule has 2 amide bonds. The van der Waals surface area contributed by atoms with E-state index in [1.54, 1.807) is 32.0 Å². The molecule has 0 aliphatic carbocycles. The fraction of sp³-hybridized carbons (Fsp3) is 0.364. The molecule has 0 radical (unpaired) electrons. The molecule has 7 nitrogen and oxygen atoms in total. The van der Waals surface area contributed by atoms with Gasteiger partial charge in [-0.05, 0) is 36.6 Å². The number of nitrogens with zero attached hydrogens (tertiary/aromatic N) is 2. The summed E-state index contributed by atoms with van der Waals surface area (Å²) in [4.78, 5) is 27.3. The molecule has 0 aromatic heterocycles. The fourth-order valence-electron chi connectivity index (χ4n) is 3.33. The van der Waals surface area contributed by atoms with Crippen molar-refractivity contribution >= 4 is 39.1 Å². The van der Waals surface area contributed by atoms with Crippen LogP contribution in [0.15, 0.2) is 48.5 Å². The number of hydrogen-bond donors (Lipinski definition) is 1. The molecule has 0 aliphatic heterocycles. The summed E-state index contributed by atoms with van der Waals surface area (Å²) in [7, 11) is -2.28. The SMILES string of the molecule is CC[C@@H](C(=O)NC)N(Cc1ccccc1)C(=O)CN(c1cccc(Cl)c1C)S(C)(=O)=O. The summed E-state index contributed by atoms with van der Waals surface area (Å²) in [6.45, 7) is 3.24. The third kappa shape index (κ3) is 6.21. The zero-order chi connectivity index (χ0) is 23.2. The van der Waals surface area contributed by atoms with Crippen LogP contribution < -0.4 is 9.62 Å². The second-order valence-electron chi connectivity index (χ2n) is 7.20. The largest absolute Gasteiger partial charge is 0.357 e. The molecule has 31 heavy (non-hydrogen) atoms. The van der Waals surface area contributed by atoms with Crippen molar-refractivity contribution in [3.05, 3.63) is 64.7 Å². The lowest BCUT2D eigenvalue weighted by Gasteiger charge is -2.33. The summed E-state index contributed by atoms with van der Waals surface area (Å²) in [6.07, 6.45) is 1.42. The minimum absolute atomic E-state index is 0.178. The van der Waals surface area contributed by atoms with Crippen LogP contribution in [-0.4, -0.2) is 51.0 Å². The van der Waals surface area contributed by atoms with E-state index in [2.05, 4.69) is 5.32 Å². The smallest absolute Gasteiger partial charge is 0.244 e. The van der Waals surface area contributed by atoms with Crippen LogP contribution in [0.1, 0.15) is 24.5 Å². The molecule has 0 unspecified atom stereocenters. The number of rotatable bonds is 9. The second kappa shape index (κ2) is 10.6. The van der Waals surface area contributed by atoms with Crippen molar-refractivity contribution in [2.45, 2.75) is 32.9 Å². The number of carbonyl (C=O) groups excluding carboxylic acids is 2. The van der Waals surface area contributed by atoms with Crippen molar-refractivity contribution in [2.24, 2.45) is 0 Å². The van der Waals surface area contributed by atoms with Crippen LogP contribution in [0.3, 0.4) is 0 Å². The van der Waals surface area contributed by atoms with E-state index in [-0.39, 0.29) is 12.5 Å². The lowest BCUT2D eigenvalue weighted by molar-refractivity contribution is -0.140. The Labute approximate surface area is 189 Å². The van der Waals surface area contributed by atoms with Crippen LogP contribution in [0.25, 0.3) is 0 Å². The minimum atomic E-state index is -3.79. The van der Waals surface area contributed by atoms with E-state index in [1.165, 1.54) is 11.9 Å². The van der Waals surface area contributed by atoms with E-state index in [0.29, 0.717) is 22.7 Å². The van der Waals surface area contributed by atoms with Gasteiger partial charge in [0, 0.05) is 18.6 Å². The third-order valence-electron chi connectivity index (χ3n) is 5.02. The quantitative estimate of drug-likeness (QED) is 0.616. The van der Waals surface area contributed by atoms with Gasteiger partial charge in [-0.15, -0.1) is 0 Å². The standard InChI is InChI=1S/C22H28ClN3O4S/c1-5-19(22(28)24-3)25(14-17-10-7-6-8-11-17)21(27)15-26(31(4,29)30)20-13-9-12-18(23)16(20)2/h6-13,19H,5,14-15H2,1-4H3,(H,24,28)/t19-/m0/s1. The van der Waals surface area contributed by atoms with Crippen molar-refractivity contribution in [1.82, 2.24) is 10.2 Å². The number of anilines is 1. The third-order valence-corrected chi connectivity index (χ3v) is 6.55. The predicted octanol–water partition coefficient (Wildman–Crippen LogP) is 2.97. The van der Waals surface area contributed by atoms with Gasteiger partial charge in [-0.1, -0.05) is 54.9 Å². The molecule has 0 saturated carbocycles. The second-order valence-corrected chi connectivity index (χ2v) is 9.51. The predicted molar refractivity (Wildman–Crippen MR) is 124 cm³/mol. The summed E-state index contributed by atoms with van der Waals surface area (Å²) in [5, 5.41) is 2.99. The fourth-order valence-corrected chi connectivity index (χ4v) is 4.40. The lowest BCUT2D eigenvalue weighted by Crippen LogP contribution is -2.51. The maximum absolute atomic E-state index is 13.4. The highest BCUT2D eigenvalue weighted by Crippen LogP contribution is 2.28. The normalized spacial score (nSPS) is 12.2. The van der Waals surface area contributed by atoms with E-state index >= 15 is 0 Å². The Morgan fingerprint density at radius 2 is 1.74 bits per heavy atom. The average Bonchev–Trinajstić information content (AvgIpc) is 2.73. The summed E-state index contributed by atoms with van der Waals surface area (Å²) >= 11 is 6.18. The van der Waals surface area contributed by atoms with Gasteiger partial charge < -0.3 is 10.2 Å². The Kier molecular flexibility index (Phi) is 8.47. The van der Waals surface area contributed by atoms with E-state index in [9.17, 15) is 18.0 Å². The monoisotopic (exact) mass is 465 g/mol. The molecule has 0 heterocycles. The van der Waals surface area contributed by atoms with Gasteiger partial charge in [-0.3, -0.25) is 13.9 Å². The molecule has 0 saturated heterocycles. The summed E-state index contributed by atoms with van der Waals surface area (Å²) in [6, 6.07) is 13.4. The number of benzene rings is 2. The molecule has 1 atom stereocenters. The van der Waals surface area contributed by atoms with Crippen molar-refractivity contribution in [1.29, 1.82) is 0 Å². The molecule has 1 N–H and O–H groups in total. The molecule has 9 heteroatoms. The number of halogens is 1. The summed E-state index contributed by atoms with van der Waals surface area (Å²) in [5.41, 5.74) is 1.72. The molecular weight excluding hydrogens is 438 g/mol.